The van der Waals surface area contributed by atoms with Gasteiger partial charge in [0.1, 0.15) is 28.6 Å². The number of fused-ring (bicyclic) bond motifs is 1. The van der Waals surface area contributed by atoms with Crippen molar-refractivity contribution < 1.29 is 32.2 Å². The molecule has 0 radical (unpaired) electrons. The second-order valence-corrected chi connectivity index (χ2v) is 8.99. The van der Waals surface area contributed by atoms with Crippen LogP contribution in [0.3, 0.4) is 0 Å². The topological polar surface area (TPSA) is 91.4 Å². The molecule has 0 atom stereocenters. The van der Waals surface area contributed by atoms with Crippen molar-refractivity contribution >= 4 is 27.7 Å². The minimum atomic E-state index is -4.08. The van der Waals surface area contributed by atoms with Gasteiger partial charge in [-0.05, 0) is 24.3 Å². The lowest BCUT2D eigenvalue weighted by atomic mass is 10.1. The summed E-state index contributed by atoms with van der Waals surface area (Å²) in [6.07, 6.45) is 0. The molecule has 1 amide bonds. The van der Waals surface area contributed by atoms with Gasteiger partial charge in [0.25, 0.3) is 15.9 Å². The number of hydrogen-bond acceptors (Lipinski definition) is 8. The van der Waals surface area contributed by atoms with E-state index in [1.54, 1.807) is 7.11 Å². The molecule has 0 fully saturated rings. The van der Waals surface area contributed by atoms with Crippen molar-refractivity contribution in [2.75, 3.05) is 46.5 Å². The number of rotatable bonds is 11. The fraction of sp³-hybridized carbons (Fsp3) is 0.350. The number of carbonyl (C=O) groups excluding carboxylic acids is 1. The molecule has 30 heavy (non-hydrogen) atoms. The van der Waals surface area contributed by atoms with Gasteiger partial charge in [-0.15, -0.1) is 11.8 Å². The van der Waals surface area contributed by atoms with E-state index >= 15 is 0 Å². The minimum Gasteiger partial charge on any atom is -0.496 e. The maximum Gasteiger partial charge on any atom is 0.273 e. The third kappa shape index (κ3) is 4.72. The van der Waals surface area contributed by atoms with Gasteiger partial charge in [-0.25, -0.2) is 12.7 Å². The average molecular weight is 454 g/mol. The smallest absolute Gasteiger partial charge is 0.273 e. The summed E-state index contributed by atoms with van der Waals surface area (Å²) in [5.41, 5.74) is -0.0102. The lowest BCUT2D eigenvalue weighted by molar-refractivity contribution is 0.0539. The molecule has 3 rings (SSSR count). The predicted octanol–water partition coefficient (Wildman–Crippen LogP) is 2.63. The lowest BCUT2D eigenvalue weighted by Gasteiger charge is -2.15. The molecule has 0 spiro atoms. The highest BCUT2D eigenvalue weighted by atomic mass is 32.2. The van der Waals surface area contributed by atoms with Gasteiger partial charge in [0.15, 0.2) is 0 Å². The quantitative estimate of drug-likeness (QED) is 0.379. The number of nitrogens with zero attached hydrogens (tertiary/aromatic N) is 1. The molecule has 10 heteroatoms. The maximum absolute atomic E-state index is 13.2. The fourth-order valence-corrected chi connectivity index (χ4v) is 5.67. The van der Waals surface area contributed by atoms with Crippen molar-refractivity contribution in [3.8, 4) is 11.5 Å². The summed E-state index contributed by atoms with van der Waals surface area (Å²) in [6.45, 7) is 1.24. The van der Waals surface area contributed by atoms with Crippen LogP contribution in [0.15, 0.2) is 52.3 Å². The summed E-state index contributed by atoms with van der Waals surface area (Å²) in [6, 6.07) is 12.3. The van der Waals surface area contributed by atoms with Crippen LogP contribution in [0, 0.1) is 0 Å². The Morgan fingerprint density at radius 3 is 2.33 bits per heavy atom. The molecule has 2 aromatic carbocycles. The van der Waals surface area contributed by atoms with Crippen molar-refractivity contribution in [2.24, 2.45) is 0 Å². The maximum atomic E-state index is 13.2. The number of carbonyl (C=O) groups is 1. The van der Waals surface area contributed by atoms with E-state index in [0.717, 1.165) is 9.20 Å². The lowest BCUT2D eigenvalue weighted by Crippen LogP contribution is -2.29. The third-order valence-corrected chi connectivity index (χ3v) is 7.25. The molecule has 1 heterocycles. The molecular weight excluding hydrogens is 430 g/mol. The average Bonchev–Trinajstić information content (AvgIpc) is 2.96. The summed E-state index contributed by atoms with van der Waals surface area (Å²) in [5, 5.41) is 0. The molecule has 8 nitrogen and oxygen atoms in total. The van der Waals surface area contributed by atoms with Gasteiger partial charge in [0.2, 0.25) is 0 Å². The molecule has 0 bridgehead atoms. The highest BCUT2D eigenvalue weighted by Crippen LogP contribution is 2.43. The second kappa shape index (κ2) is 10.2. The summed E-state index contributed by atoms with van der Waals surface area (Å²) in [7, 11) is -1.12. The van der Waals surface area contributed by atoms with E-state index in [-0.39, 0.29) is 41.0 Å². The molecule has 0 aliphatic carbocycles. The van der Waals surface area contributed by atoms with E-state index in [1.807, 2.05) is 30.3 Å². The van der Waals surface area contributed by atoms with E-state index < -0.39 is 15.9 Å². The van der Waals surface area contributed by atoms with Gasteiger partial charge in [-0.1, -0.05) is 18.2 Å². The first kappa shape index (κ1) is 22.4. The molecule has 1 aliphatic rings. The Bertz CT molecular complexity index is 980. The Hall–Kier alpha value is -2.27. The fourth-order valence-electron chi connectivity index (χ4n) is 2.86. The van der Waals surface area contributed by atoms with Gasteiger partial charge in [0, 0.05) is 12.0 Å². The molecule has 0 aromatic heterocycles. The largest absolute Gasteiger partial charge is 0.496 e. The Morgan fingerprint density at radius 1 is 0.933 bits per heavy atom. The molecule has 0 saturated carbocycles. The Labute approximate surface area is 180 Å². The van der Waals surface area contributed by atoms with E-state index in [4.69, 9.17) is 18.9 Å². The van der Waals surface area contributed by atoms with Crippen LogP contribution in [0.2, 0.25) is 0 Å². The first-order chi connectivity index (χ1) is 14.5. The summed E-state index contributed by atoms with van der Waals surface area (Å²) in [4.78, 5) is 13.7. The number of ether oxygens (including phenoxy) is 4. The Morgan fingerprint density at radius 2 is 1.63 bits per heavy atom. The Kier molecular flexibility index (Phi) is 7.59. The molecule has 0 N–H and O–H groups in total. The normalized spacial score (nSPS) is 14.6. The van der Waals surface area contributed by atoms with Crippen LogP contribution in [0.1, 0.15) is 10.4 Å². The predicted molar refractivity (Wildman–Crippen MR) is 112 cm³/mol. The monoisotopic (exact) mass is 453 g/mol. The van der Waals surface area contributed by atoms with Crippen LogP contribution in [-0.4, -0.2) is 65.2 Å². The number of hydrogen-bond donors (Lipinski definition) is 0. The second-order valence-electron chi connectivity index (χ2n) is 6.17. The summed E-state index contributed by atoms with van der Waals surface area (Å²) < 4.78 is 48.3. The zero-order valence-corrected chi connectivity index (χ0v) is 18.3. The van der Waals surface area contributed by atoms with Gasteiger partial charge in [-0.3, -0.25) is 4.79 Å². The highest BCUT2D eigenvalue weighted by molar-refractivity contribution is 8.00. The third-order valence-electron chi connectivity index (χ3n) is 4.30. The first-order valence-corrected chi connectivity index (χ1v) is 11.6. The van der Waals surface area contributed by atoms with Gasteiger partial charge in [0.05, 0.1) is 32.8 Å². The van der Waals surface area contributed by atoms with Crippen LogP contribution in [0.25, 0.3) is 0 Å². The highest BCUT2D eigenvalue weighted by Gasteiger charge is 2.46. The first-order valence-electron chi connectivity index (χ1n) is 9.16. The number of methoxy groups -OCH3 is 2. The number of thioether (sulfide) groups is 1. The standard InChI is InChI=1S/C20H23NO7S2/c1-25-10-11-27-12-13-28-17-9-8-16(26-2)18-19(17)30(23,24)21(20(18)22)14-29-15-6-4-3-5-7-15/h3-9H,10-14H2,1-2H3. The van der Waals surface area contributed by atoms with E-state index in [2.05, 4.69) is 0 Å². The van der Waals surface area contributed by atoms with Crippen LogP contribution in [-0.2, 0) is 19.5 Å². The molecule has 162 valence electrons. The van der Waals surface area contributed by atoms with Crippen LogP contribution in [0.4, 0.5) is 0 Å². The van der Waals surface area contributed by atoms with Gasteiger partial charge in [-0.2, -0.15) is 0 Å². The van der Waals surface area contributed by atoms with E-state index in [9.17, 15) is 13.2 Å². The Balaban J connectivity index is 1.81. The SMILES string of the molecule is COCCOCCOc1ccc(OC)c2c1S(=O)(=O)N(CSc1ccccc1)C2=O. The van der Waals surface area contributed by atoms with Crippen molar-refractivity contribution in [1.29, 1.82) is 0 Å². The number of sulfonamides is 1. The van der Waals surface area contributed by atoms with Crippen molar-refractivity contribution in [2.45, 2.75) is 9.79 Å². The van der Waals surface area contributed by atoms with Gasteiger partial charge >= 0.3 is 0 Å². The molecule has 0 saturated heterocycles. The van der Waals surface area contributed by atoms with Crippen LogP contribution < -0.4 is 9.47 Å². The zero-order valence-electron chi connectivity index (χ0n) is 16.7. The molecule has 1 aliphatic heterocycles. The summed E-state index contributed by atoms with van der Waals surface area (Å²) >= 11 is 1.26. The summed E-state index contributed by atoms with van der Waals surface area (Å²) in [5.74, 6) is -0.397. The molecule has 0 unspecified atom stereocenters. The molecular formula is C20H23NO7S2. The molecule has 2 aromatic rings. The van der Waals surface area contributed by atoms with Crippen molar-refractivity contribution in [3.05, 3.63) is 48.0 Å². The van der Waals surface area contributed by atoms with Gasteiger partial charge < -0.3 is 18.9 Å². The van der Waals surface area contributed by atoms with Crippen molar-refractivity contribution in [3.63, 3.8) is 0 Å². The number of amides is 1. The number of benzene rings is 2. The van der Waals surface area contributed by atoms with E-state index in [0.29, 0.717) is 13.2 Å². The van der Waals surface area contributed by atoms with Crippen LogP contribution in [0.5, 0.6) is 11.5 Å². The van der Waals surface area contributed by atoms with Crippen molar-refractivity contribution in [1.82, 2.24) is 4.31 Å². The van der Waals surface area contributed by atoms with E-state index in [1.165, 1.54) is 31.0 Å². The van der Waals surface area contributed by atoms with Crippen LogP contribution >= 0.6 is 11.8 Å². The zero-order chi connectivity index (χ0) is 21.6. The minimum absolute atomic E-state index is 0.0102.